The molecule has 1 aromatic heterocycles. The maximum atomic E-state index is 14.2. The number of esters is 1. The van der Waals surface area contributed by atoms with E-state index in [9.17, 15) is 17.6 Å². The molecule has 0 amide bonds. The fourth-order valence-corrected chi connectivity index (χ4v) is 4.81. The Kier molecular flexibility index (Phi) is 8.11. The molecular formula is C24H24ClFN2O5S. The maximum absolute atomic E-state index is 14.2. The van der Waals surface area contributed by atoms with E-state index < -0.39 is 28.7 Å². The van der Waals surface area contributed by atoms with E-state index in [4.69, 9.17) is 16.3 Å². The number of sulfonamides is 1. The molecule has 0 bridgehead atoms. The molecule has 0 aliphatic rings. The van der Waals surface area contributed by atoms with E-state index in [1.54, 1.807) is 37.3 Å². The summed E-state index contributed by atoms with van der Waals surface area (Å²) in [5.41, 5.74) is 1.86. The molecule has 0 unspecified atom stereocenters. The molecule has 3 rings (SSSR count). The van der Waals surface area contributed by atoms with Gasteiger partial charge in [0.2, 0.25) is 0 Å². The summed E-state index contributed by atoms with van der Waals surface area (Å²) in [4.78, 5) is 15.4. The first-order chi connectivity index (χ1) is 16.1. The van der Waals surface area contributed by atoms with Gasteiger partial charge in [-0.1, -0.05) is 23.7 Å². The van der Waals surface area contributed by atoms with Gasteiger partial charge in [-0.05, 0) is 55.3 Å². The van der Waals surface area contributed by atoms with Crippen molar-refractivity contribution in [2.24, 2.45) is 0 Å². The van der Waals surface area contributed by atoms with Crippen LogP contribution in [0.5, 0.6) is 5.75 Å². The number of methoxy groups -OCH3 is 1. The van der Waals surface area contributed by atoms with E-state index in [2.05, 4.69) is 9.72 Å². The second kappa shape index (κ2) is 10.8. The zero-order valence-corrected chi connectivity index (χ0v) is 20.4. The first-order valence-electron chi connectivity index (χ1n) is 10.3. The van der Waals surface area contributed by atoms with E-state index in [0.29, 0.717) is 16.1 Å². The number of alkyl halides is 1. The van der Waals surface area contributed by atoms with Crippen molar-refractivity contribution < 1.29 is 27.1 Å². The zero-order chi connectivity index (χ0) is 24.9. The number of benzene rings is 2. The number of pyridine rings is 1. The second-order valence-electron chi connectivity index (χ2n) is 7.55. The Balaban J connectivity index is 1.99. The Labute approximate surface area is 203 Å². The van der Waals surface area contributed by atoms with Gasteiger partial charge in [-0.2, -0.15) is 0 Å². The Morgan fingerprint density at radius 2 is 1.91 bits per heavy atom. The molecule has 10 heteroatoms. The first-order valence-corrected chi connectivity index (χ1v) is 12.1. The van der Waals surface area contributed by atoms with Crippen LogP contribution in [0.1, 0.15) is 28.4 Å². The standard InChI is InChI=1S/C24H24ClFN2O5S/c1-16-11-22(28(14-17(2)26)34(30,31)20-5-4-10-27-13-20)23(12-21(16)25)33-15-18-6-8-19(9-7-18)24(29)32-3/h4-13,17H,14-15H2,1-3H3/t17-/m0/s1. The van der Waals surface area contributed by atoms with E-state index in [1.165, 1.54) is 44.6 Å². The van der Waals surface area contributed by atoms with Crippen molar-refractivity contribution in [3.05, 3.63) is 82.6 Å². The minimum Gasteiger partial charge on any atom is -0.487 e. The number of hydrogen-bond donors (Lipinski definition) is 0. The van der Waals surface area contributed by atoms with Crippen molar-refractivity contribution in [1.29, 1.82) is 0 Å². The number of carbonyl (C=O) groups excluding carboxylic acids is 1. The summed E-state index contributed by atoms with van der Waals surface area (Å²) in [5.74, 6) is -0.294. The van der Waals surface area contributed by atoms with Gasteiger partial charge >= 0.3 is 5.97 Å². The fraction of sp³-hybridized carbons (Fsp3) is 0.250. The molecule has 34 heavy (non-hydrogen) atoms. The molecule has 0 saturated heterocycles. The number of hydrogen-bond acceptors (Lipinski definition) is 6. The van der Waals surface area contributed by atoms with Crippen LogP contribution in [0.15, 0.2) is 65.8 Å². The fourth-order valence-electron chi connectivity index (χ4n) is 3.16. The number of anilines is 1. The lowest BCUT2D eigenvalue weighted by molar-refractivity contribution is 0.0600. The molecule has 0 radical (unpaired) electrons. The Bertz CT molecular complexity index is 1250. The van der Waals surface area contributed by atoms with Crippen molar-refractivity contribution in [3.63, 3.8) is 0 Å². The van der Waals surface area contributed by atoms with Crippen LogP contribution < -0.4 is 9.04 Å². The zero-order valence-electron chi connectivity index (χ0n) is 18.9. The summed E-state index contributed by atoms with van der Waals surface area (Å²) < 4.78 is 52.6. The summed E-state index contributed by atoms with van der Waals surface area (Å²) in [6.07, 6.45) is 1.20. The van der Waals surface area contributed by atoms with Gasteiger partial charge in [-0.15, -0.1) is 0 Å². The van der Waals surface area contributed by atoms with Crippen molar-refractivity contribution in [2.45, 2.75) is 31.5 Å². The van der Waals surface area contributed by atoms with E-state index >= 15 is 0 Å². The second-order valence-corrected chi connectivity index (χ2v) is 9.82. The van der Waals surface area contributed by atoms with Gasteiger partial charge in [0.15, 0.2) is 0 Å². The van der Waals surface area contributed by atoms with Gasteiger partial charge in [0, 0.05) is 23.5 Å². The molecular weight excluding hydrogens is 483 g/mol. The molecule has 180 valence electrons. The van der Waals surface area contributed by atoms with Crippen LogP contribution in [0, 0.1) is 6.92 Å². The molecule has 3 aromatic rings. The summed E-state index contributed by atoms with van der Waals surface area (Å²) in [6, 6.07) is 12.5. The number of ether oxygens (including phenoxy) is 2. The average Bonchev–Trinajstić information content (AvgIpc) is 2.83. The normalized spacial score (nSPS) is 12.1. The molecule has 0 aliphatic heterocycles. The number of rotatable bonds is 9. The van der Waals surface area contributed by atoms with Gasteiger partial charge in [-0.25, -0.2) is 17.6 Å². The molecule has 7 nitrogen and oxygen atoms in total. The van der Waals surface area contributed by atoms with Crippen LogP contribution in [-0.2, 0) is 21.4 Å². The number of aryl methyl sites for hydroxylation is 1. The van der Waals surface area contributed by atoms with Gasteiger partial charge in [0.25, 0.3) is 10.0 Å². The van der Waals surface area contributed by atoms with Gasteiger partial charge in [0.1, 0.15) is 23.4 Å². The third-order valence-electron chi connectivity index (χ3n) is 4.92. The van der Waals surface area contributed by atoms with Crippen molar-refractivity contribution >= 4 is 33.3 Å². The molecule has 0 spiro atoms. The van der Waals surface area contributed by atoms with Gasteiger partial charge < -0.3 is 9.47 Å². The summed E-state index contributed by atoms with van der Waals surface area (Å²) in [7, 11) is -2.85. The number of nitrogens with zero attached hydrogens (tertiary/aromatic N) is 2. The summed E-state index contributed by atoms with van der Waals surface area (Å²) >= 11 is 6.30. The number of aromatic nitrogens is 1. The third kappa shape index (κ3) is 5.84. The Morgan fingerprint density at radius 3 is 2.50 bits per heavy atom. The van der Waals surface area contributed by atoms with Crippen LogP contribution in [0.25, 0.3) is 0 Å². The SMILES string of the molecule is COC(=O)c1ccc(COc2cc(Cl)c(C)cc2N(C[C@H](C)F)S(=O)(=O)c2cccnc2)cc1. The smallest absolute Gasteiger partial charge is 0.337 e. The quantitative estimate of drug-likeness (QED) is 0.381. The lowest BCUT2D eigenvalue weighted by atomic mass is 10.1. The maximum Gasteiger partial charge on any atom is 0.337 e. The molecule has 0 aliphatic carbocycles. The predicted molar refractivity (Wildman–Crippen MR) is 128 cm³/mol. The van der Waals surface area contributed by atoms with E-state index in [0.717, 1.165) is 9.87 Å². The number of halogens is 2. The largest absolute Gasteiger partial charge is 0.487 e. The minimum atomic E-state index is -4.15. The minimum absolute atomic E-state index is 0.0554. The molecule has 0 N–H and O–H groups in total. The van der Waals surface area contributed by atoms with Crippen molar-refractivity contribution in [1.82, 2.24) is 4.98 Å². The predicted octanol–water partition coefficient (Wildman–Crippen LogP) is 4.96. The molecule has 0 saturated carbocycles. The first kappa shape index (κ1) is 25.5. The van der Waals surface area contributed by atoms with Crippen LogP contribution >= 0.6 is 11.6 Å². The highest BCUT2D eigenvalue weighted by Gasteiger charge is 2.30. The Hall–Kier alpha value is -3.17. The molecule has 2 aromatic carbocycles. The van der Waals surface area contributed by atoms with Crippen LogP contribution in [-0.4, -0.2) is 39.2 Å². The average molecular weight is 507 g/mol. The monoisotopic (exact) mass is 506 g/mol. The highest BCUT2D eigenvalue weighted by atomic mass is 35.5. The third-order valence-corrected chi connectivity index (χ3v) is 7.09. The lowest BCUT2D eigenvalue weighted by Crippen LogP contribution is -2.36. The van der Waals surface area contributed by atoms with E-state index in [-0.39, 0.29) is 22.9 Å². The molecule has 1 heterocycles. The van der Waals surface area contributed by atoms with Crippen LogP contribution in [0.2, 0.25) is 5.02 Å². The summed E-state index contributed by atoms with van der Waals surface area (Å²) in [6.45, 7) is 2.62. The topological polar surface area (TPSA) is 85.8 Å². The van der Waals surface area contributed by atoms with Crippen molar-refractivity contribution in [3.8, 4) is 5.75 Å². The Morgan fingerprint density at radius 1 is 1.21 bits per heavy atom. The highest BCUT2D eigenvalue weighted by molar-refractivity contribution is 7.92. The lowest BCUT2D eigenvalue weighted by Gasteiger charge is -2.27. The van der Waals surface area contributed by atoms with Gasteiger partial charge in [-0.3, -0.25) is 9.29 Å². The van der Waals surface area contributed by atoms with Crippen LogP contribution in [0.4, 0.5) is 10.1 Å². The van der Waals surface area contributed by atoms with Crippen molar-refractivity contribution in [2.75, 3.05) is 18.0 Å². The molecule has 0 fully saturated rings. The molecule has 1 atom stereocenters. The van der Waals surface area contributed by atoms with Gasteiger partial charge in [0.05, 0.1) is 24.9 Å². The summed E-state index contributed by atoms with van der Waals surface area (Å²) in [5, 5.41) is 0.367. The van der Waals surface area contributed by atoms with E-state index in [1.807, 2.05) is 0 Å². The number of carbonyl (C=O) groups is 1. The highest BCUT2D eigenvalue weighted by Crippen LogP contribution is 2.37. The van der Waals surface area contributed by atoms with Crippen LogP contribution in [0.3, 0.4) is 0 Å².